The number of aryl methyl sites for hydroxylation is 6. The van der Waals surface area contributed by atoms with Gasteiger partial charge in [-0.15, -0.1) is 0 Å². The zero-order valence-electron chi connectivity index (χ0n) is 67.6. The molecule has 24 rings (SSSR count). The fourth-order valence-corrected chi connectivity index (χ4v) is 16.4. The molecule has 0 radical (unpaired) electrons. The third-order valence-electron chi connectivity index (χ3n) is 22.6. The van der Waals surface area contributed by atoms with Gasteiger partial charge >= 0.3 is 0 Å². The summed E-state index contributed by atoms with van der Waals surface area (Å²) < 4.78 is 36.0. The largest absolute Gasteiger partial charge is 0.456 e. The molecule has 18 aromatic carbocycles. The van der Waals surface area contributed by atoms with Crippen molar-refractivity contribution in [2.45, 2.75) is 41.5 Å². The van der Waals surface area contributed by atoms with Gasteiger partial charge in [0.2, 0.25) is 0 Å². The first-order valence-electron chi connectivity index (χ1n) is 40.8. The van der Waals surface area contributed by atoms with E-state index in [0.717, 1.165) is 78.1 Å². The van der Waals surface area contributed by atoms with Crippen LogP contribution < -0.4 is 0 Å². The molecular formula is C114H84O6. The molecule has 0 saturated carbocycles. The molecule has 0 fully saturated rings. The van der Waals surface area contributed by atoms with Crippen molar-refractivity contribution in [1.82, 2.24) is 0 Å². The Labute approximate surface area is 695 Å². The molecule has 6 heteroatoms. The van der Waals surface area contributed by atoms with Gasteiger partial charge in [0.25, 0.3) is 0 Å². The van der Waals surface area contributed by atoms with Crippen LogP contribution in [-0.4, -0.2) is 0 Å². The Morgan fingerprint density at radius 2 is 0.392 bits per heavy atom. The molecule has 6 nitrogen and oxygen atoms in total. The number of hydrogen-bond donors (Lipinski definition) is 0. The third kappa shape index (κ3) is 15.3. The Hall–Kier alpha value is -15.2. The van der Waals surface area contributed by atoms with Crippen LogP contribution in [-0.2, 0) is 0 Å². The van der Waals surface area contributed by atoms with Gasteiger partial charge in [0, 0.05) is 75.8 Å². The fourth-order valence-electron chi connectivity index (χ4n) is 16.4. The van der Waals surface area contributed by atoms with Crippen LogP contribution in [0, 0.1) is 41.5 Å². The summed E-state index contributed by atoms with van der Waals surface area (Å²) in [4.78, 5) is 0. The molecule has 0 aliphatic rings. The van der Waals surface area contributed by atoms with E-state index in [-0.39, 0.29) is 0 Å². The Bertz CT molecular complexity index is 7850. The average Bonchev–Trinajstić information content (AvgIpc) is 1.65. The number of para-hydroxylation sites is 7. The lowest BCUT2D eigenvalue weighted by atomic mass is 9.99. The van der Waals surface area contributed by atoms with Crippen LogP contribution in [0.2, 0.25) is 0 Å². The second-order valence-electron chi connectivity index (χ2n) is 31.0. The summed E-state index contributed by atoms with van der Waals surface area (Å²) in [5.74, 6) is 0. The van der Waals surface area contributed by atoms with Crippen molar-refractivity contribution < 1.29 is 26.5 Å². The number of fused-ring (bicyclic) bond motifs is 18. The van der Waals surface area contributed by atoms with Crippen molar-refractivity contribution in [3.8, 4) is 66.8 Å². The van der Waals surface area contributed by atoms with E-state index < -0.39 is 0 Å². The molecule has 6 aromatic heterocycles. The molecule has 0 saturated heterocycles. The van der Waals surface area contributed by atoms with Gasteiger partial charge in [0.05, 0.1) is 0 Å². The number of benzene rings is 18. The molecule has 0 bridgehead atoms. The van der Waals surface area contributed by atoms with E-state index in [2.05, 4.69) is 357 Å². The summed E-state index contributed by atoms with van der Waals surface area (Å²) in [5.41, 5.74) is 33.4. The van der Waals surface area contributed by atoms with Gasteiger partial charge in [0.1, 0.15) is 67.0 Å². The highest BCUT2D eigenvalue weighted by Crippen LogP contribution is 2.41. The van der Waals surface area contributed by atoms with E-state index in [9.17, 15) is 0 Å². The zero-order valence-corrected chi connectivity index (χ0v) is 67.6. The van der Waals surface area contributed by atoms with Crippen molar-refractivity contribution in [2.24, 2.45) is 0 Å². The SMILES string of the molecule is Cc1ccc(-c2ccc3c(c2)oc2ccccc23)cc1.Cc1ccc(-c2cccc3c2oc2ccccc23)cc1.Cc1ccc2c(c1)oc1cc(-c3ccccc3)ccc12.Cc1cccc(-c2ccc3c(c2)oc2ccccc23)c1.Cc1cccc(-c2cccc3c2oc2ccccc23)c1.Cc1ccccc1-c1ccc2c(c1)oc1ccccc12. The summed E-state index contributed by atoms with van der Waals surface area (Å²) >= 11 is 0. The van der Waals surface area contributed by atoms with Crippen molar-refractivity contribution in [3.63, 3.8) is 0 Å². The lowest BCUT2D eigenvalue weighted by molar-refractivity contribution is 0.668. The summed E-state index contributed by atoms with van der Waals surface area (Å²) in [6.45, 7) is 12.7. The first kappa shape index (κ1) is 74.8. The highest BCUT2D eigenvalue weighted by Gasteiger charge is 2.17. The van der Waals surface area contributed by atoms with Gasteiger partial charge in [-0.05, 0) is 193 Å². The zero-order chi connectivity index (χ0) is 81.2. The molecule has 6 heterocycles. The Morgan fingerprint density at radius 3 is 0.858 bits per heavy atom. The Balaban J connectivity index is 0.0000000952. The first-order chi connectivity index (χ1) is 58.9. The molecule has 0 amide bonds. The number of furan rings is 6. The van der Waals surface area contributed by atoms with Gasteiger partial charge < -0.3 is 26.5 Å². The van der Waals surface area contributed by atoms with Crippen LogP contribution in [0.1, 0.15) is 33.4 Å². The normalized spacial score (nSPS) is 11.2. The van der Waals surface area contributed by atoms with Crippen molar-refractivity contribution in [3.05, 3.63) is 434 Å². The topological polar surface area (TPSA) is 78.8 Å². The highest BCUT2D eigenvalue weighted by atomic mass is 16.3. The standard InChI is InChI=1S/6C19H14O/c1-13-6-4-7-14(12-13)15-9-5-10-17-16-8-2-3-11-18(16)20-19(15)17;1-13-5-4-6-14(11-13)15-9-10-17-16-7-2-3-8-18(16)20-19(17)12-15;1-13-6-2-3-7-15(13)14-10-11-17-16-8-4-5-9-18(16)20-19(17)12-14;1-13-9-11-14(12-10-13)15-6-4-7-17-16-5-2-3-8-18(16)20-19(15)17;1-13-6-8-14(9-7-13)15-10-11-17-16-4-2-3-5-18(16)20-19(17)12-15;1-13-7-9-16-17-10-8-15(14-5-3-2-4-6-14)12-19(17)20-18(16)11-13/h6*2-12H,1H3. The second kappa shape index (κ2) is 32.8. The molecule has 24 aromatic rings. The third-order valence-corrected chi connectivity index (χ3v) is 22.6. The maximum atomic E-state index is 6.08. The monoisotopic (exact) mass is 1550 g/mol. The first-order valence-corrected chi connectivity index (χ1v) is 40.8. The summed E-state index contributed by atoms with van der Waals surface area (Å²) in [5, 5.41) is 14.2. The molecule has 576 valence electrons. The van der Waals surface area contributed by atoms with E-state index in [0.29, 0.717) is 0 Å². The van der Waals surface area contributed by atoms with Crippen molar-refractivity contribution in [2.75, 3.05) is 0 Å². The lowest BCUT2D eigenvalue weighted by Gasteiger charge is -2.05. The van der Waals surface area contributed by atoms with Crippen LogP contribution in [0.25, 0.3) is 198 Å². The van der Waals surface area contributed by atoms with Crippen LogP contribution in [0.3, 0.4) is 0 Å². The maximum Gasteiger partial charge on any atom is 0.143 e. The fraction of sp³-hybridized carbons (Fsp3) is 0.0526. The van der Waals surface area contributed by atoms with Crippen LogP contribution >= 0.6 is 0 Å². The van der Waals surface area contributed by atoms with E-state index in [1.54, 1.807) is 0 Å². The van der Waals surface area contributed by atoms with Crippen LogP contribution in [0.5, 0.6) is 0 Å². The molecule has 0 spiro atoms. The number of rotatable bonds is 6. The Morgan fingerprint density at radius 1 is 0.133 bits per heavy atom. The molecule has 0 aliphatic carbocycles. The minimum Gasteiger partial charge on any atom is -0.456 e. The lowest BCUT2D eigenvalue weighted by Crippen LogP contribution is -1.81. The van der Waals surface area contributed by atoms with Gasteiger partial charge in [-0.25, -0.2) is 0 Å². The summed E-state index contributed by atoms with van der Waals surface area (Å²) in [6.07, 6.45) is 0. The van der Waals surface area contributed by atoms with Crippen molar-refractivity contribution >= 4 is 132 Å². The molecular weight excluding hydrogens is 1470 g/mol. The average molecular weight is 1550 g/mol. The van der Waals surface area contributed by atoms with E-state index in [1.807, 2.05) is 84.9 Å². The summed E-state index contributed by atoms with van der Waals surface area (Å²) in [7, 11) is 0. The highest BCUT2D eigenvalue weighted by molar-refractivity contribution is 6.13. The van der Waals surface area contributed by atoms with Gasteiger partial charge in [-0.3, -0.25) is 0 Å². The van der Waals surface area contributed by atoms with Gasteiger partial charge in [0.15, 0.2) is 0 Å². The van der Waals surface area contributed by atoms with E-state index >= 15 is 0 Å². The minimum atomic E-state index is 0.946. The number of hydrogen-bond acceptors (Lipinski definition) is 6. The van der Waals surface area contributed by atoms with Gasteiger partial charge in [-0.2, -0.15) is 0 Å². The van der Waals surface area contributed by atoms with Crippen LogP contribution in [0.4, 0.5) is 0 Å². The predicted octanol–water partition coefficient (Wildman–Crippen LogP) is 33.4. The second-order valence-corrected chi connectivity index (χ2v) is 31.0. The molecule has 0 N–H and O–H groups in total. The Kier molecular flexibility index (Phi) is 20.5. The predicted molar refractivity (Wildman–Crippen MR) is 503 cm³/mol. The quantitative estimate of drug-likeness (QED) is 0.165. The molecule has 0 aliphatic heterocycles. The van der Waals surface area contributed by atoms with Crippen molar-refractivity contribution in [1.29, 1.82) is 0 Å². The van der Waals surface area contributed by atoms with Crippen LogP contribution in [0.15, 0.2) is 427 Å². The maximum absolute atomic E-state index is 6.08. The van der Waals surface area contributed by atoms with Gasteiger partial charge in [-0.1, -0.05) is 338 Å². The molecule has 0 unspecified atom stereocenters. The molecule has 0 atom stereocenters. The molecule has 120 heavy (non-hydrogen) atoms. The summed E-state index contributed by atoms with van der Waals surface area (Å²) in [6, 6.07) is 139. The minimum absolute atomic E-state index is 0.946. The smallest absolute Gasteiger partial charge is 0.143 e. The van der Waals surface area contributed by atoms with E-state index in [1.165, 1.54) is 154 Å². The van der Waals surface area contributed by atoms with E-state index in [4.69, 9.17) is 26.5 Å².